The lowest BCUT2D eigenvalue weighted by Crippen LogP contribution is -2.39. The smallest absolute Gasteiger partial charge is 0.284 e. The minimum Gasteiger partial charge on any atom is -0.339 e. The van der Waals surface area contributed by atoms with E-state index in [9.17, 15) is 8.42 Å². The normalized spacial score (nSPS) is 15.2. The van der Waals surface area contributed by atoms with Gasteiger partial charge in [-0.2, -0.15) is 0 Å². The molecule has 1 fully saturated rings. The van der Waals surface area contributed by atoms with Crippen LogP contribution in [-0.2, 0) is 19.5 Å². The molecule has 1 aliphatic heterocycles. The van der Waals surface area contributed by atoms with Gasteiger partial charge in [0.05, 0.1) is 11.1 Å². The van der Waals surface area contributed by atoms with Crippen LogP contribution >= 0.6 is 0 Å². The van der Waals surface area contributed by atoms with E-state index in [4.69, 9.17) is 9.47 Å². The maximum atomic E-state index is 12.6. The summed E-state index contributed by atoms with van der Waals surface area (Å²) >= 11 is 0. The molecule has 2 N–H and O–H groups in total. The molecule has 3 aromatic heterocycles. The maximum Gasteiger partial charge on any atom is 0.284 e. The molecular formula is C20H19N6O4S+. The first-order valence-corrected chi connectivity index (χ1v) is 10.9. The van der Waals surface area contributed by atoms with E-state index >= 15 is 0 Å². The van der Waals surface area contributed by atoms with Crippen LogP contribution in [0.25, 0.3) is 17.0 Å². The Hall–Kier alpha value is -3.38. The van der Waals surface area contributed by atoms with E-state index in [-0.39, 0.29) is 25.2 Å². The fraction of sp³-hybridized carbons (Fsp3) is 0.150. The summed E-state index contributed by atoms with van der Waals surface area (Å²) in [4.78, 5) is 12.3. The van der Waals surface area contributed by atoms with Crippen LogP contribution in [0.5, 0.6) is 0 Å². The molecule has 158 valence electrons. The molecule has 1 saturated heterocycles. The summed E-state index contributed by atoms with van der Waals surface area (Å²) in [5.41, 5.74) is 3.19. The van der Waals surface area contributed by atoms with Gasteiger partial charge >= 0.3 is 0 Å². The van der Waals surface area contributed by atoms with E-state index in [0.717, 1.165) is 21.3 Å². The fourth-order valence-corrected chi connectivity index (χ4v) is 4.39. The van der Waals surface area contributed by atoms with Crippen molar-refractivity contribution in [1.29, 1.82) is 0 Å². The Morgan fingerprint density at radius 2 is 1.87 bits per heavy atom. The van der Waals surface area contributed by atoms with Gasteiger partial charge in [0.15, 0.2) is 5.69 Å². The van der Waals surface area contributed by atoms with E-state index in [1.807, 2.05) is 41.1 Å². The van der Waals surface area contributed by atoms with Crippen LogP contribution in [0.15, 0.2) is 72.0 Å². The van der Waals surface area contributed by atoms with E-state index in [1.54, 1.807) is 18.3 Å². The summed E-state index contributed by atoms with van der Waals surface area (Å²) in [6.07, 6.45) is 5.57. The maximum absolute atomic E-state index is 12.6. The number of hydrogen-bond donors (Lipinski definition) is 2. The number of aromatic nitrogens is 4. The number of nitrogens with one attached hydrogen (secondary N) is 2. The van der Waals surface area contributed by atoms with Crippen molar-refractivity contribution < 1.29 is 22.3 Å². The van der Waals surface area contributed by atoms with Crippen molar-refractivity contribution in [1.82, 2.24) is 19.3 Å². The zero-order chi connectivity index (χ0) is 21.3. The van der Waals surface area contributed by atoms with Gasteiger partial charge in [-0.05, 0) is 36.4 Å². The molecule has 5 rings (SSSR count). The summed E-state index contributed by atoms with van der Waals surface area (Å²) in [6.45, 7) is 0.0230. The average molecular weight is 439 g/mol. The molecule has 4 heterocycles. The number of aromatic amines is 1. The molecule has 0 atom stereocenters. The Morgan fingerprint density at radius 1 is 1.06 bits per heavy atom. The summed E-state index contributed by atoms with van der Waals surface area (Å²) in [6, 6.07) is 14.1. The number of anilines is 2. The third-order valence-corrected chi connectivity index (χ3v) is 6.50. The first kappa shape index (κ1) is 19.6. The summed E-state index contributed by atoms with van der Waals surface area (Å²) in [7, 11) is -3.69. The molecule has 0 saturated carbocycles. The van der Waals surface area contributed by atoms with E-state index in [2.05, 4.69) is 20.3 Å². The minimum absolute atomic E-state index is 0.0327. The highest BCUT2D eigenvalue weighted by molar-refractivity contribution is 7.89. The summed E-state index contributed by atoms with van der Waals surface area (Å²) in [5.74, 6) is 0.398. The number of H-pyrrole nitrogens is 1. The van der Waals surface area contributed by atoms with Crippen LogP contribution in [0.2, 0.25) is 0 Å². The second kappa shape index (κ2) is 8.04. The molecule has 0 bridgehead atoms. The summed E-state index contributed by atoms with van der Waals surface area (Å²) in [5, 5.41) is 3.11. The largest absolute Gasteiger partial charge is 0.339 e. The highest BCUT2D eigenvalue weighted by Crippen LogP contribution is 2.22. The Morgan fingerprint density at radius 3 is 2.65 bits per heavy atom. The Balaban J connectivity index is 1.35. The van der Waals surface area contributed by atoms with Crippen LogP contribution in [0, 0.1) is 0 Å². The molecule has 0 spiro atoms. The molecule has 0 unspecified atom stereocenters. The summed E-state index contributed by atoms with van der Waals surface area (Å²) < 4.78 is 38.5. The second-order valence-corrected chi connectivity index (χ2v) is 8.75. The van der Waals surface area contributed by atoms with Crippen molar-refractivity contribution in [3.63, 3.8) is 0 Å². The average Bonchev–Trinajstić information content (AvgIpc) is 3.25. The lowest BCUT2D eigenvalue weighted by molar-refractivity contribution is -0.509. The molecule has 1 aliphatic rings. The molecule has 0 amide bonds. The minimum atomic E-state index is -3.69. The van der Waals surface area contributed by atoms with Crippen molar-refractivity contribution >= 4 is 27.3 Å². The Kier molecular flexibility index (Phi) is 5.08. The van der Waals surface area contributed by atoms with E-state index < -0.39 is 10.0 Å². The lowest BCUT2D eigenvalue weighted by Gasteiger charge is -2.25. The van der Waals surface area contributed by atoms with Crippen LogP contribution in [0.3, 0.4) is 0 Å². The van der Waals surface area contributed by atoms with Gasteiger partial charge in [-0.25, -0.2) is 27.8 Å². The predicted octanol–water partition coefficient (Wildman–Crippen LogP) is 1.86. The van der Waals surface area contributed by atoms with E-state index in [0.29, 0.717) is 11.6 Å². The number of pyridine rings is 1. The van der Waals surface area contributed by atoms with Crippen molar-refractivity contribution in [3.05, 3.63) is 67.1 Å². The predicted molar refractivity (Wildman–Crippen MR) is 110 cm³/mol. The quantitative estimate of drug-likeness (QED) is 0.456. The van der Waals surface area contributed by atoms with Crippen molar-refractivity contribution in [3.8, 4) is 11.4 Å². The third kappa shape index (κ3) is 3.99. The van der Waals surface area contributed by atoms with Crippen LogP contribution in [-0.4, -0.2) is 47.9 Å². The van der Waals surface area contributed by atoms with Crippen molar-refractivity contribution in [2.24, 2.45) is 0 Å². The SMILES string of the molecule is O=S(=O)(c1ccc(Nc2nccc(-c3c[n+]4ccccc4[nH]3)n2)cc1)N1COCOC1. The Bertz CT molecular complexity index is 1280. The number of nitrogens with zero attached hydrogens (tertiary/aromatic N) is 4. The number of imidazole rings is 1. The van der Waals surface area contributed by atoms with E-state index in [1.165, 1.54) is 12.1 Å². The molecule has 0 aliphatic carbocycles. The lowest BCUT2D eigenvalue weighted by atomic mass is 10.3. The van der Waals surface area contributed by atoms with Crippen molar-refractivity contribution in [2.45, 2.75) is 4.90 Å². The number of sulfonamides is 1. The zero-order valence-electron chi connectivity index (χ0n) is 16.3. The first-order chi connectivity index (χ1) is 15.1. The monoisotopic (exact) mass is 439 g/mol. The standard InChI is InChI=1S/C20H18N6O4S/c27-31(28,26-12-29-14-30-13-26)16-6-4-15(5-7-16)22-20-21-9-8-17(24-20)18-11-25-10-2-1-3-19(25)23-18/h1-11H,12-14H2,(H,21,22,24)/p+1. The first-order valence-electron chi connectivity index (χ1n) is 9.45. The fourth-order valence-electron chi connectivity index (χ4n) is 3.18. The van der Waals surface area contributed by atoms with Gasteiger partial charge in [-0.3, -0.25) is 0 Å². The van der Waals surface area contributed by atoms with Gasteiger partial charge in [-0.1, -0.05) is 6.07 Å². The topological polar surface area (TPSA) is 114 Å². The van der Waals surface area contributed by atoms with Gasteiger partial charge in [0.2, 0.25) is 16.0 Å². The second-order valence-electron chi connectivity index (χ2n) is 6.82. The molecule has 4 aromatic rings. The third-order valence-electron chi connectivity index (χ3n) is 4.74. The van der Waals surface area contributed by atoms with Crippen molar-refractivity contribution in [2.75, 3.05) is 25.6 Å². The molecule has 11 heteroatoms. The van der Waals surface area contributed by atoms with Gasteiger partial charge in [0, 0.05) is 18.0 Å². The van der Waals surface area contributed by atoms with Gasteiger partial charge in [-0.15, -0.1) is 4.31 Å². The highest BCUT2D eigenvalue weighted by Gasteiger charge is 2.27. The number of fused-ring (bicyclic) bond motifs is 1. The molecule has 0 radical (unpaired) electrons. The van der Waals surface area contributed by atoms with Crippen LogP contribution in [0.4, 0.5) is 11.6 Å². The molecule has 31 heavy (non-hydrogen) atoms. The zero-order valence-corrected chi connectivity index (χ0v) is 17.1. The van der Waals surface area contributed by atoms with Gasteiger partial charge in [0.25, 0.3) is 5.65 Å². The molecular weight excluding hydrogens is 420 g/mol. The number of ether oxygens (including phenoxy) is 2. The molecule has 1 aromatic carbocycles. The highest BCUT2D eigenvalue weighted by atomic mass is 32.2. The van der Waals surface area contributed by atoms with Crippen LogP contribution in [0.1, 0.15) is 0 Å². The van der Waals surface area contributed by atoms with Gasteiger partial charge < -0.3 is 14.8 Å². The van der Waals surface area contributed by atoms with Crippen LogP contribution < -0.4 is 9.72 Å². The number of hydrogen-bond acceptors (Lipinski definition) is 7. The van der Waals surface area contributed by atoms with Gasteiger partial charge in [0.1, 0.15) is 32.1 Å². The number of benzene rings is 1. The Labute approximate surface area is 178 Å². The molecule has 10 nitrogen and oxygen atoms in total. The number of rotatable bonds is 5.